The Balaban J connectivity index is 2.82. The molecule has 0 aliphatic rings. The molecular weight excluding hydrogens is 179 g/mol. The van der Waals surface area contributed by atoms with E-state index in [9.17, 15) is 9.50 Å². The molecule has 0 unspecified atom stereocenters. The Kier molecular flexibility index (Phi) is 3.84. The molecule has 1 aromatic rings. The molecule has 0 aliphatic carbocycles. The van der Waals surface area contributed by atoms with E-state index in [-0.39, 0.29) is 11.7 Å². The van der Waals surface area contributed by atoms with Gasteiger partial charge in [-0.2, -0.15) is 0 Å². The van der Waals surface area contributed by atoms with Gasteiger partial charge in [-0.05, 0) is 24.1 Å². The Bertz CT molecular complexity index is 292. The summed E-state index contributed by atoms with van der Waals surface area (Å²) in [6.45, 7) is 5.65. The molecule has 0 saturated heterocycles. The molecule has 76 valence electrons. The molecule has 1 aromatic carbocycles. The van der Waals surface area contributed by atoms with Crippen LogP contribution in [-0.4, -0.2) is 5.11 Å². The summed E-state index contributed by atoms with van der Waals surface area (Å²) >= 11 is 0. The van der Waals surface area contributed by atoms with Crippen LogP contribution in [0.3, 0.4) is 0 Å². The molecule has 0 radical (unpaired) electrons. The zero-order valence-electron chi connectivity index (χ0n) is 8.28. The number of aliphatic hydroxyl groups excluding tert-OH is 1. The van der Waals surface area contributed by atoms with Gasteiger partial charge in [0.05, 0.1) is 6.10 Å². The summed E-state index contributed by atoms with van der Waals surface area (Å²) in [4.78, 5) is 0. The molecule has 0 saturated carbocycles. The molecule has 0 spiro atoms. The van der Waals surface area contributed by atoms with Gasteiger partial charge in [0.25, 0.3) is 0 Å². The smallest absolute Gasteiger partial charge is 0.123 e. The van der Waals surface area contributed by atoms with Crippen LogP contribution in [0.15, 0.2) is 36.9 Å². The van der Waals surface area contributed by atoms with E-state index in [0.717, 1.165) is 12.0 Å². The summed E-state index contributed by atoms with van der Waals surface area (Å²) in [6, 6.07) is 5.92. The lowest BCUT2D eigenvalue weighted by Crippen LogP contribution is -2.08. The summed E-state index contributed by atoms with van der Waals surface area (Å²) in [7, 11) is 0. The van der Waals surface area contributed by atoms with Gasteiger partial charge in [0.15, 0.2) is 0 Å². The van der Waals surface area contributed by atoms with Crippen LogP contribution in [0.1, 0.15) is 25.0 Å². The van der Waals surface area contributed by atoms with Crippen LogP contribution in [0.25, 0.3) is 0 Å². The fourth-order valence-corrected chi connectivity index (χ4v) is 1.43. The number of benzene rings is 1. The van der Waals surface area contributed by atoms with Gasteiger partial charge in [0.2, 0.25) is 0 Å². The van der Waals surface area contributed by atoms with Crippen LogP contribution in [0.4, 0.5) is 4.39 Å². The zero-order valence-corrected chi connectivity index (χ0v) is 8.28. The Labute approximate surface area is 83.9 Å². The third-order valence-electron chi connectivity index (χ3n) is 2.39. The van der Waals surface area contributed by atoms with Gasteiger partial charge in [0.1, 0.15) is 5.82 Å². The lowest BCUT2D eigenvalue weighted by molar-refractivity contribution is 0.129. The topological polar surface area (TPSA) is 20.2 Å². The first-order chi connectivity index (χ1) is 6.69. The van der Waals surface area contributed by atoms with Crippen molar-refractivity contribution < 1.29 is 9.50 Å². The van der Waals surface area contributed by atoms with E-state index < -0.39 is 6.10 Å². The van der Waals surface area contributed by atoms with Crippen molar-refractivity contribution in [3.8, 4) is 0 Å². The van der Waals surface area contributed by atoms with Crippen LogP contribution in [0, 0.1) is 11.7 Å². The van der Waals surface area contributed by atoms with E-state index in [4.69, 9.17) is 0 Å². The highest BCUT2D eigenvalue weighted by Crippen LogP contribution is 2.25. The quantitative estimate of drug-likeness (QED) is 0.730. The van der Waals surface area contributed by atoms with E-state index in [2.05, 4.69) is 6.58 Å². The second-order valence-corrected chi connectivity index (χ2v) is 3.30. The molecule has 0 aliphatic heterocycles. The minimum absolute atomic E-state index is 0.0282. The fourth-order valence-electron chi connectivity index (χ4n) is 1.43. The molecule has 14 heavy (non-hydrogen) atoms. The van der Waals surface area contributed by atoms with Gasteiger partial charge in [-0.25, -0.2) is 4.39 Å². The Morgan fingerprint density at radius 1 is 1.43 bits per heavy atom. The molecule has 1 N–H and O–H groups in total. The Hall–Kier alpha value is -1.15. The molecular formula is C12H15FO. The maximum absolute atomic E-state index is 12.6. The highest BCUT2D eigenvalue weighted by molar-refractivity contribution is 5.20. The van der Waals surface area contributed by atoms with E-state index in [1.807, 2.05) is 6.92 Å². The molecule has 1 nitrogen and oxygen atoms in total. The van der Waals surface area contributed by atoms with Gasteiger partial charge in [-0.1, -0.05) is 25.1 Å². The average molecular weight is 194 g/mol. The first-order valence-corrected chi connectivity index (χ1v) is 4.75. The first kappa shape index (κ1) is 10.9. The number of rotatable bonds is 4. The van der Waals surface area contributed by atoms with E-state index in [0.29, 0.717) is 0 Å². The second kappa shape index (κ2) is 4.91. The Morgan fingerprint density at radius 3 is 2.43 bits per heavy atom. The number of aliphatic hydroxyl groups is 1. The van der Waals surface area contributed by atoms with Crippen LogP contribution < -0.4 is 0 Å². The molecule has 2 atom stereocenters. The summed E-state index contributed by atoms with van der Waals surface area (Å²) in [5.74, 6) is -0.256. The number of hydrogen-bond acceptors (Lipinski definition) is 1. The minimum Gasteiger partial charge on any atom is -0.388 e. The van der Waals surface area contributed by atoms with Crippen LogP contribution in [0.5, 0.6) is 0 Å². The lowest BCUT2D eigenvalue weighted by atomic mass is 9.94. The fraction of sp³-hybridized carbons (Fsp3) is 0.333. The van der Waals surface area contributed by atoms with E-state index in [1.54, 1.807) is 18.2 Å². The lowest BCUT2D eigenvalue weighted by Gasteiger charge is -2.18. The van der Waals surface area contributed by atoms with E-state index >= 15 is 0 Å². The standard InChI is InChI=1S/C12H15FO/c1-3-9(4-2)12(14)10-5-7-11(13)8-6-10/h3,5-9,12,14H,1,4H2,2H3/t9-,12-/m1/s1. The van der Waals surface area contributed by atoms with Crippen molar-refractivity contribution in [2.24, 2.45) is 5.92 Å². The predicted octanol–water partition coefficient (Wildman–Crippen LogP) is 3.07. The van der Waals surface area contributed by atoms with Crippen molar-refractivity contribution >= 4 is 0 Å². The van der Waals surface area contributed by atoms with Crippen LogP contribution >= 0.6 is 0 Å². The molecule has 0 heterocycles. The molecule has 1 rings (SSSR count). The minimum atomic E-state index is -0.585. The maximum Gasteiger partial charge on any atom is 0.123 e. The van der Waals surface area contributed by atoms with Crippen molar-refractivity contribution in [2.75, 3.05) is 0 Å². The summed E-state index contributed by atoms with van der Waals surface area (Å²) < 4.78 is 12.6. The van der Waals surface area contributed by atoms with Gasteiger partial charge >= 0.3 is 0 Å². The zero-order chi connectivity index (χ0) is 10.6. The van der Waals surface area contributed by atoms with Gasteiger partial charge in [-0.3, -0.25) is 0 Å². The van der Waals surface area contributed by atoms with Crippen molar-refractivity contribution in [1.82, 2.24) is 0 Å². The molecule has 0 aromatic heterocycles. The van der Waals surface area contributed by atoms with Crippen molar-refractivity contribution in [3.05, 3.63) is 48.3 Å². The van der Waals surface area contributed by atoms with Gasteiger partial charge in [0, 0.05) is 5.92 Å². The second-order valence-electron chi connectivity index (χ2n) is 3.30. The summed E-state index contributed by atoms with van der Waals surface area (Å²) in [6.07, 6.45) is 1.97. The van der Waals surface area contributed by atoms with Crippen LogP contribution in [0.2, 0.25) is 0 Å². The first-order valence-electron chi connectivity index (χ1n) is 4.75. The number of halogens is 1. The van der Waals surface area contributed by atoms with Gasteiger partial charge in [-0.15, -0.1) is 6.58 Å². The summed E-state index contributed by atoms with van der Waals surface area (Å²) in [5.41, 5.74) is 0.734. The van der Waals surface area contributed by atoms with E-state index in [1.165, 1.54) is 12.1 Å². The molecule has 0 fully saturated rings. The third kappa shape index (κ3) is 2.42. The monoisotopic (exact) mass is 194 g/mol. The molecule has 0 amide bonds. The Morgan fingerprint density at radius 2 is 2.00 bits per heavy atom. The van der Waals surface area contributed by atoms with Crippen molar-refractivity contribution in [1.29, 1.82) is 0 Å². The van der Waals surface area contributed by atoms with Gasteiger partial charge < -0.3 is 5.11 Å². The summed E-state index contributed by atoms with van der Waals surface area (Å²) in [5, 5.41) is 9.88. The maximum atomic E-state index is 12.6. The van der Waals surface area contributed by atoms with Crippen LogP contribution in [-0.2, 0) is 0 Å². The third-order valence-corrected chi connectivity index (χ3v) is 2.39. The van der Waals surface area contributed by atoms with Crippen molar-refractivity contribution in [3.63, 3.8) is 0 Å². The molecule has 0 bridgehead atoms. The SMILES string of the molecule is C=C[C@H](CC)[C@@H](O)c1ccc(F)cc1. The van der Waals surface area contributed by atoms with Crippen molar-refractivity contribution in [2.45, 2.75) is 19.4 Å². The highest BCUT2D eigenvalue weighted by atomic mass is 19.1. The average Bonchev–Trinajstić information content (AvgIpc) is 2.20. The number of hydrogen-bond donors (Lipinski definition) is 1. The predicted molar refractivity (Wildman–Crippen MR) is 55.3 cm³/mol. The largest absolute Gasteiger partial charge is 0.388 e. The normalized spacial score (nSPS) is 14.8. The molecule has 2 heteroatoms. The highest BCUT2D eigenvalue weighted by Gasteiger charge is 2.15.